The van der Waals surface area contributed by atoms with E-state index in [4.69, 9.17) is 0 Å². The molecule has 0 fully saturated rings. The molecule has 0 aliphatic heterocycles. The maximum Gasteiger partial charge on any atom is 0.0496 e. The molecule has 142 heavy (non-hydrogen) atoms. The predicted octanol–water partition coefficient (Wildman–Crippen LogP) is 39.2. The first-order chi connectivity index (χ1) is 70.2. The summed E-state index contributed by atoms with van der Waals surface area (Å²) in [5.41, 5.74) is 39.6. The van der Waals surface area contributed by atoms with Gasteiger partial charge in [0.1, 0.15) is 0 Å². The fourth-order valence-corrected chi connectivity index (χ4v) is 21.6. The van der Waals surface area contributed by atoms with Crippen LogP contribution in [0.2, 0.25) is 0 Å². The summed E-state index contributed by atoms with van der Waals surface area (Å²) >= 11 is 0. The Hall–Kier alpha value is -17.8. The zero-order valence-corrected chi connectivity index (χ0v) is 80.0. The Morgan fingerprint density at radius 3 is 0.683 bits per heavy atom. The summed E-state index contributed by atoms with van der Waals surface area (Å²) in [5.74, 6) is 0. The minimum atomic E-state index is 1.13. The van der Waals surface area contributed by atoms with E-state index in [1.807, 2.05) is 0 Å². The molecule has 0 radical (unpaired) electrons. The monoisotopic (exact) mass is 1820 g/mol. The van der Waals surface area contributed by atoms with Crippen molar-refractivity contribution < 1.29 is 0 Å². The maximum absolute atomic E-state index is 2.44. The molecule has 0 saturated heterocycles. The van der Waals surface area contributed by atoms with Gasteiger partial charge in [0.05, 0.1) is 0 Å². The van der Waals surface area contributed by atoms with Gasteiger partial charge in [0, 0.05) is 51.2 Å². The molecular formula is C139H105N3. The molecule has 0 spiro atoms. The van der Waals surface area contributed by atoms with Crippen molar-refractivity contribution in [1.29, 1.82) is 0 Å². The summed E-state index contributed by atoms with van der Waals surface area (Å²) in [6, 6.07) is 194. The largest absolute Gasteiger partial charge is 0.311 e. The highest BCUT2D eigenvalue weighted by Crippen LogP contribution is 2.52. The standard InChI is InChI=1S/C48H37N.C46H35N.C45H33N/c1-4-16-36(17-5-1)47-42-24-12-13-25-43(42)48(37-18-6-2-7-19-37)45-33-38(29-32-44(45)47)34-27-30-40(31-28-34)49(39-21-8-3-9-22-39)46-26-14-20-35-15-10-11-23-41(35)46;1-32-17-24-38(25-18-32)47(39-26-19-33(2)20-27-39)40-28-21-34(22-29-40)37-23-30-43-44(31-37)46(36-13-7-4-8-14-36)42-16-10-9-15-41(42)45(43)35-11-5-3-6-12-35;1-32-15-11-14-24-43(32)46(37-20-9-4-10-21-37)38-28-25-33(26-29-38)36-27-30-41-42(31-36)45(35-18-7-3-8-19-35)40-23-13-12-22-39(40)44(41)34-16-5-2-6-17-34/h1-9,12-14,16-22,24-33H,10-11,15,23H2;3-31H,1-2H3;2-31H,1H3. The molecule has 676 valence electrons. The number of hydrogen-bond donors (Lipinski definition) is 0. The number of hydrogen-bond acceptors (Lipinski definition) is 3. The summed E-state index contributed by atoms with van der Waals surface area (Å²) < 4.78 is 0. The van der Waals surface area contributed by atoms with Crippen molar-refractivity contribution in [3.05, 3.63) is 562 Å². The van der Waals surface area contributed by atoms with Crippen molar-refractivity contribution in [2.24, 2.45) is 0 Å². The van der Waals surface area contributed by atoms with Crippen molar-refractivity contribution in [3.63, 3.8) is 0 Å². The van der Waals surface area contributed by atoms with Crippen LogP contribution in [0.3, 0.4) is 0 Å². The lowest BCUT2D eigenvalue weighted by molar-refractivity contribution is 0.686. The van der Waals surface area contributed by atoms with Crippen LogP contribution in [-0.2, 0) is 12.8 Å². The first-order valence-corrected chi connectivity index (χ1v) is 49.6. The van der Waals surface area contributed by atoms with Gasteiger partial charge in [-0.15, -0.1) is 0 Å². The van der Waals surface area contributed by atoms with Crippen LogP contribution < -0.4 is 14.7 Å². The molecule has 0 aromatic heterocycles. The van der Waals surface area contributed by atoms with Crippen LogP contribution in [-0.4, -0.2) is 0 Å². The molecule has 3 nitrogen and oxygen atoms in total. The predicted molar refractivity (Wildman–Crippen MR) is 608 cm³/mol. The highest BCUT2D eigenvalue weighted by atomic mass is 15.2. The van der Waals surface area contributed by atoms with Crippen LogP contribution in [0.4, 0.5) is 51.2 Å². The number of benzene rings is 24. The Kier molecular flexibility index (Phi) is 24.7. The molecule has 0 atom stereocenters. The van der Waals surface area contributed by atoms with Crippen LogP contribution in [0, 0.1) is 20.8 Å². The first-order valence-electron chi connectivity index (χ1n) is 49.6. The number of fused-ring (bicyclic) bond motifs is 7. The lowest BCUT2D eigenvalue weighted by Crippen LogP contribution is -2.15. The van der Waals surface area contributed by atoms with Crippen molar-refractivity contribution in [1.82, 2.24) is 0 Å². The van der Waals surface area contributed by atoms with Crippen molar-refractivity contribution in [2.75, 3.05) is 14.7 Å². The minimum Gasteiger partial charge on any atom is -0.311 e. The van der Waals surface area contributed by atoms with Gasteiger partial charge in [0.15, 0.2) is 0 Å². The highest BCUT2D eigenvalue weighted by molar-refractivity contribution is 6.25. The SMILES string of the molecule is Cc1ccc(N(c2ccc(C)cc2)c2ccc(-c3ccc4c(-c5ccccc5)c5ccccc5c(-c5ccccc5)c4c3)cc2)cc1.Cc1ccccc1N(c1ccccc1)c1ccc(-c2ccc3c(-c4ccccc4)c4ccccc4c(-c4ccccc4)c3c2)cc1.c1ccc(-c2c3ccccc3c(-c3ccccc3)c3cc(-c4ccc(N(c5ccccc5)c5cccc6c5CCCC6)cc4)ccc23)cc1. The molecule has 1 aliphatic rings. The Morgan fingerprint density at radius 1 is 0.148 bits per heavy atom. The first kappa shape index (κ1) is 88.2. The third kappa shape index (κ3) is 17.5. The van der Waals surface area contributed by atoms with Crippen LogP contribution in [0.15, 0.2) is 534 Å². The average molecular weight is 1820 g/mol. The Labute approximate surface area is 832 Å². The van der Waals surface area contributed by atoms with Gasteiger partial charge in [-0.1, -0.05) is 430 Å². The Morgan fingerprint density at radius 2 is 0.373 bits per heavy atom. The van der Waals surface area contributed by atoms with E-state index in [-0.39, 0.29) is 0 Å². The summed E-state index contributed by atoms with van der Waals surface area (Å²) in [6.45, 7) is 6.44. The highest BCUT2D eigenvalue weighted by Gasteiger charge is 2.26. The van der Waals surface area contributed by atoms with Crippen LogP contribution in [0.1, 0.15) is 40.7 Å². The second-order valence-corrected chi connectivity index (χ2v) is 37.3. The molecular weight excluding hydrogens is 1710 g/mol. The number of nitrogens with zero attached hydrogens (tertiary/aromatic N) is 3. The van der Waals surface area contributed by atoms with Gasteiger partial charge < -0.3 is 14.7 Å². The second kappa shape index (κ2) is 39.7. The fraction of sp³-hybridized carbons (Fsp3) is 0.0504. The van der Waals surface area contributed by atoms with E-state index in [0.29, 0.717) is 0 Å². The van der Waals surface area contributed by atoms with Crippen molar-refractivity contribution >= 4 is 116 Å². The molecule has 0 unspecified atom stereocenters. The molecule has 0 amide bonds. The molecule has 1 aliphatic carbocycles. The number of anilines is 9. The molecule has 25 rings (SSSR count). The third-order valence-electron chi connectivity index (χ3n) is 28.4. The second-order valence-electron chi connectivity index (χ2n) is 37.3. The number of rotatable bonds is 18. The lowest BCUT2D eigenvalue weighted by atomic mass is 9.85. The van der Waals surface area contributed by atoms with Crippen LogP contribution >= 0.6 is 0 Å². The number of aryl methyl sites for hydroxylation is 4. The third-order valence-corrected chi connectivity index (χ3v) is 28.4. The molecule has 24 aromatic rings. The Balaban J connectivity index is 0.000000118. The average Bonchev–Trinajstić information content (AvgIpc) is 0.736. The van der Waals surface area contributed by atoms with Gasteiger partial charge in [-0.3, -0.25) is 0 Å². The maximum atomic E-state index is 2.44. The van der Waals surface area contributed by atoms with Gasteiger partial charge in [-0.2, -0.15) is 0 Å². The van der Waals surface area contributed by atoms with E-state index in [1.165, 1.54) is 235 Å². The minimum absolute atomic E-state index is 1.13. The van der Waals surface area contributed by atoms with Crippen molar-refractivity contribution in [3.8, 4) is 100 Å². The molecule has 0 N–H and O–H groups in total. The molecule has 0 heterocycles. The van der Waals surface area contributed by atoms with Gasteiger partial charge in [0.2, 0.25) is 0 Å². The van der Waals surface area contributed by atoms with E-state index in [0.717, 1.165) is 34.9 Å². The zero-order chi connectivity index (χ0) is 95.2. The molecule has 0 saturated carbocycles. The number of para-hydroxylation sites is 3. The lowest BCUT2D eigenvalue weighted by Gasteiger charge is -2.30. The summed E-state index contributed by atoms with van der Waals surface area (Å²) in [7, 11) is 0. The van der Waals surface area contributed by atoms with Gasteiger partial charge in [-0.25, -0.2) is 0 Å². The van der Waals surface area contributed by atoms with E-state index in [1.54, 1.807) is 0 Å². The zero-order valence-electron chi connectivity index (χ0n) is 80.0. The van der Waals surface area contributed by atoms with Crippen LogP contribution in [0.5, 0.6) is 0 Å². The van der Waals surface area contributed by atoms with Gasteiger partial charge in [-0.05, 0) is 343 Å². The van der Waals surface area contributed by atoms with Crippen molar-refractivity contribution in [2.45, 2.75) is 46.5 Å². The fourth-order valence-electron chi connectivity index (χ4n) is 21.6. The van der Waals surface area contributed by atoms with Crippen LogP contribution in [0.25, 0.3) is 165 Å². The molecule has 0 bridgehead atoms. The van der Waals surface area contributed by atoms with E-state index in [2.05, 4.69) is 569 Å². The summed E-state index contributed by atoms with van der Waals surface area (Å²) in [4.78, 5) is 7.11. The summed E-state index contributed by atoms with van der Waals surface area (Å²) in [6.07, 6.45) is 4.82. The quantitative estimate of drug-likeness (QED) is 0.0793. The van der Waals surface area contributed by atoms with Gasteiger partial charge in [0.25, 0.3) is 0 Å². The van der Waals surface area contributed by atoms with E-state index < -0.39 is 0 Å². The molecule has 3 heteroatoms. The topological polar surface area (TPSA) is 9.72 Å². The van der Waals surface area contributed by atoms with E-state index in [9.17, 15) is 0 Å². The molecule has 24 aromatic carbocycles. The van der Waals surface area contributed by atoms with Gasteiger partial charge >= 0.3 is 0 Å². The Bertz CT molecular complexity index is 8590. The van der Waals surface area contributed by atoms with E-state index >= 15 is 0 Å². The normalized spacial score (nSPS) is 11.7. The summed E-state index contributed by atoms with van der Waals surface area (Å²) in [5, 5.41) is 15.2. The smallest absolute Gasteiger partial charge is 0.0496 e.